The van der Waals surface area contributed by atoms with Crippen molar-refractivity contribution in [2.75, 3.05) is 0 Å². The van der Waals surface area contributed by atoms with Gasteiger partial charge in [-0.25, -0.2) is 9.59 Å². The number of amides is 2. The lowest BCUT2D eigenvalue weighted by molar-refractivity contribution is -0.122. The Morgan fingerprint density at radius 3 is 1.10 bits per heavy atom. The fourth-order valence-corrected chi connectivity index (χ4v) is 4.82. The highest BCUT2D eigenvalue weighted by atomic mass is 16.6. The number of terminal acetylenes is 2. The third-order valence-corrected chi connectivity index (χ3v) is 7.58. The van der Waals surface area contributed by atoms with E-state index in [0.717, 1.165) is 11.1 Å². The third-order valence-electron chi connectivity index (χ3n) is 7.58. The van der Waals surface area contributed by atoms with Crippen LogP contribution in [-0.2, 0) is 56.1 Å². The van der Waals surface area contributed by atoms with Crippen molar-refractivity contribution in [2.45, 2.75) is 89.8 Å². The van der Waals surface area contributed by atoms with Crippen LogP contribution in [0.1, 0.15) is 74.9 Å². The van der Waals surface area contributed by atoms with Gasteiger partial charge in [-0.1, -0.05) is 84.6 Å². The number of alkyl carbamates (subject to hydrolysis) is 2. The number of ether oxygens (including phenoxy) is 2. The Kier molecular flexibility index (Phi) is 12.4. The molecule has 0 aliphatic rings. The average molecular weight is 679 g/mol. The molecule has 0 saturated heterocycles. The van der Waals surface area contributed by atoms with Crippen molar-refractivity contribution in [1.82, 2.24) is 10.6 Å². The molecule has 0 fully saturated rings. The first kappa shape index (κ1) is 39.0. The van der Waals surface area contributed by atoms with E-state index in [9.17, 15) is 19.2 Å². The number of rotatable bonds is 12. The fraction of sp³-hybridized carbons (Fsp3) is 0.350. The number of Topliss-reactive ketones (excluding diaryl/α,β-unsaturated/α-hetero) is 2. The van der Waals surface area contributed by atoms with Crippen LogP contribution in [0.2, 0.25) is 0 Å². The second-order valence-electron chi connectivity index (χ2n) is 14.0. The number of hydrogen-bond acceptors (Lipinski definition) is 8. The maximum Gasteiger partial charge on any atom is 0.407 e. The summed E-state index contributed by atoms with van der Waals surface area (Å²) in [7, 11) is 0. The molecule has 0 aromatic heterocycles. The molecule has 0 saturated carbocycles. The highest BCUT2D eigenvalue weighted by molar-refractivity contribution is 5.95. The minimum atomic E-state index is -1.76. The Bertz CT molecular complexity index is 1640. The molecule has 50 heavy (non-hydrogen) atoms. The summed E-state index contributed by atoms with van der Waals surface area (Å²) in [5.41, 5.74) is 11.9. The SMILES string of the molecule is C#CC(N)(C(=O)Cc1ccc(CNC(=O)OC(C)(C)C)cc1)c1ccc(C(N)(C#C)C(=O)Cc2ccc(CNC(=O)OC(C)(C)C)cc2)cc1. The van der Waals surface area contributed by atoms with Crippen molar-refractivity contribution >= 4 is 23.8 Å². The van der Waals surface area contributed by atoms with Gasteiger partial charge in [0.25, 0.3) is 0 Å². The van der Waals surface area contributed by atoms with Crippen LogP contribution >= 0.6 is 0 Å². The lowest BCUT2D eigenvalue weighted by Crippen LogP contribution is -2.46. The van der Waals surface area contributed by atoms with E-state index < -0.39 is 46.0 Å². The van der Waals surface area contributed by atoms with E-state index in [1.165, 1.54) is 0 Å². The number of carbonyl (C=O) groups excluding carboxylic acids is 4. The van der Waals surface area contributed by atoms with Crippen molar-refractivity contribution < 1.29 is 28.7 Å². The molecule has 3 aromatic rings. The third kappa shape index (κ3) is 10.8. The van der Waals surface area contributed by atoms with Gasteiger partial charge in [-0.2, -0.15) is 0 Å². The van der Waals surface area contributed by atoms with Crippen molar-refractivity contribution in [3.8, 4) is 24.7 Å². The number of nitrogens with one attached hydrogen (secondary N) is 2. The van der Waals surface area contributed by atoms with E-state index in [0.29, 0.717) is 22.3 Å². The minimum absolute atomic E-state index is 0.0399. The van der Waals surface area contributed by atoms with Crippen LogP contribution in [-0.4, -0.2) is 35.0 Å². The summed E-state index contributed by atoms with van der Waals surface area (Å²) in [6.45, 7) is 11.2. The number of nitrogens with two attached hydrogens (primary N) is 2. The average Bonchev–Trinajstić information content (AvgIpc) is 3.05. The molecule has 2 unspecified atom stereocenters. The molecule has 2 atom stereocenters. The first-order valence-corrected chi connectivity index (χ1v) is 16.1. The molecule has 0 spiro atoms. The van der Waals surface area contributed by atoms with Crippen LogP contribution in [0, 0.1) is 24.7 Å². The summed E-state index contributed by atoms with van der Waals surface area (Å²) >= 11 is 0. The van der Waals surface area contributed by atoms with Crippen LogP contribution in [0.5, 0.6) is 0 Å². The molecule has 6 N–H and O–H groups in total. The van der Waals surface area contributed by atoms with Crippen molar-refractivity contribution in [2.24, 2.45) is 11.5 Å². The standard InChI is InChI=1S/C40H46N4O6/c1-9-39(41,33(45)23-27-11-15-29(16-12-27)25-43-35(47)49-37(3,4)5)31-19-21-32(22-20-31)40(42,10-2)34(46)24-28-13-17-30(18-14-28)26-44-36(48)50-38(6,7)8/h1-2,11-22H,23-26,41-42H2,3-8H3,(H,43,47)(H,44,48). The van der Waals surface area contributed by atoms with E-state index in [1.54, 1.807) is 114 Å². The Morgan fingerprint density at radius 2 is 0.840 bits per heavy atom. The molecule has 2 amide bonds. The summed E-state index contributed by atoms with van der Waals surface area (Å²) in [5.74, 6) is 4.04. The van der Waals surface area contributed by atoms with Gasteiger partial charge in [-0.05, 0) is 74.9 Å². The van der Waals surface area contributed by atoms with Crippen molar-refractivity contribution in [1.29, 1.82) is 0 Å². The van der Waals surface area contributed by atoms with Crippen molar-refractivity contribution in [3.05, 3.63) is 106 Å². The molecular weight excluding hydrogens is 632 g/mol. The second kappa shape index (κ2) is 15.9. The van der Waals surface area contributed by atoms with E-state index in [1.807, 2.05) is 0 Å². The van der Waals surface area contributed by atoms with Crippen LogP contribution in [0.3, 0.4) is 0 Å². The number of ketones is 2. The fourth-order valence-electron chi connectivity index (χ4n) is 4.82. The molecule has 0 aliphatic heterocycles. The zero-order valence-corrected chi connectivity index (χ0v) is 29.5. The minimum Gasteiger partial charge on any atom is -0.444 e. The van der Waals surface area contributed by atoms with Crippen LogP contribution in [0.25, 0.3) is 0 Å². The predicted octanol–water partition coefficient (Wildman–Crippen LogP) is 4.93. The predicted molar refractivity (Wildman–Crippen MR) is 192 cm³/mol. The quantitative estimate of drug-likeness (QED) is 0.196. The maximum atomic E-state index is 13.4. The van der Waals surface area contributed by atoms with E-state index >= 15 is 0 Å². The van der Waals surface area contributed by atoms with Crippen LogP contribution < -0.4 is 22.1 Å². The largest absolute Gasteiger partial charge is 0.444 e. The lowest BCUT2D eigenvalue weighted by Gasteiger charge is -2.26. The summed E-state index contributed by atoms with van der Waals surface area (Å²) in [6.07, 6.45) is 10.5. The van der Waals surface area contributed by atoms with E-state index in [4.69, 9.17) is 33.8 Å². The normalized spacial score (nSPS) is 13.7. The zero-order valence-electron chi connectivity index (χ0n) is 29.5. The molecule has 3 aromatic carbocycles. The Labute approximate surface area is 294 Å². The first-order chi connectivity index (χ1) is 23.3. The monoisotopic (exact) mass is 678 g/mol. The van der Waals surface area contributed by atoms with Gasteiger partial charge in [0.1, 0.15) is 11.2 Å². The highest BCUT2D eigenvalue weighted by Gasteiger charge is 2.37. The lowest BCUT2D eigenvalue weighted by atomic mass is 9.81. The van der Waals surface area contributed by atoms with Crippen LogP contribution in [0.15, 0.2) is 72.8 Å². The molecule has 10 nitrogen and oxygen atoms in total. The molecule has 10 heteroatoms. The summed E-state index contributed by atoms with van der Waals surface area (Å²) < 4.78 is 10.5. The number of hydrogen-bond donors (Lipinski definition) is 4. The number of carbonyl (C=O) groups is 4. The van der Waals surface area contributed by atoms with E-state index in [2.05, 4.69) is 22.5 Å². The molecular formula is C40H46N4O6. The van der Waals surface area contributed by atoms with Gasteiger partial charge in [0.15, 0.2) is 22.6 Å². The molecule has 0 bridgehead atoms. The maximum absolute atomic E-state index is 13.4. The summed E-state index contributed by atoms with van der Waals surface area (Å²) in [5, 5.41) is 5.38. The van der Waals surface area contributed by atoms with Crippen molar-refractivity contribution in [3.63, 3.8) is 0 Å². The van der Waals surface area contributed by atoms with Gasteiger partial charge in [-0.15, -0.1) is 12.8 Å². The Hall–Kier alpha value is -5.42. The summed E-state index contributed by atoms with van der Waals surface area (Å²) in [6, 6.07) is 20.4. The number of benzene rings is 3. The van der Waals surface area contributed by atoms with Gasteiger partial charge in [-0.3, -0.25) is 9.59 Å². The van der Waals surface area contributed by atoms with Gasteiger partial charge >= 0.3 is 12.2 Å². The smallest absolute Gasteiger partial charge is 0.407 e. The van der Waals surface area contributed by atoms with E-state index in [-0.39, 0.29) is 25.9 Å². The molecule has 3 rings (SSSR count). The highest BCUT2D eigenvalue weighted by Crippen LogP contribution is 2.26. The Balaban J connectivity index is 1.65. The Morgan fingerprint density at radius 1 is 0.560 bits per heavy atom. The topological polar surface area (TPSA) is 163 Å². The second-order valence-corrected chi connectivity index (χ2v) is 14.0. The molecule has 262 valence electrons. The zero-order chi connectivity index (χ0) is 37.3. The molecule has 0 aliphatic carbocycles. The van der Waals surface area contributed by atoms with Gasteiger partial charge in [0, 0.05) is 25.9 Å². The van der Waals surface area contributed by atoms with Gasteiger partial charge in [0.2, 0.25) is 0 Å². The molecule has 0 heterocycles. The summed E-state index contributed by atoms with van der Waals surface area (Å²) in [4.78, 5) is 50.7. The van der Waals surface area contributed by atoms with Crippen LogP contribution in [0.4, 0.5) is 9.59 Å². The first-order valence-electron chi connectivity index (χ1n) is 16.1. The molecule has 0 radical (unpaired) electrons. The van der Waals surface area contributed by atoms with Gasteiger partial charge < -0.3 is 31.6 Å². The van der Waals surface area contributed by atoms with Gasteiger partial charge in [0.05, 0.1) is 0 Å².